The number of carbonyl (C=O) groups is 1. The molecule has 1 aliphatic rings. The van der Waals surface area contributed by atoms with Gasteiger partial charge in [0.2, 0.25) is 0 Å². The molecule has 0 radical (unpaired) electrons. The molecule has 0 fully saturated rings. The van der Waals surface area contributed by atoms with Gasteiger partial charge in [-0.1, -0.05) is 0 Å². The second kappa shape index (κ2) is 4.49. The first-order valence-electron chi connectivity index (χ1n) is 5.26. The third kappa shape index (κ3) is 2.30. The quantitative estimate of drug-likeness (QED) is 0.789. The van der Waals surface area contributed by atoms with Crippen molar-refractivity contribution < 1.29 is 14.6 Å². The Kier molecular flexibility index (Phi) is 3.05. The minimum Gasteiger partial charge on any atom is -0.491 e. The van der Waals surface area contributed by atoms with Crippen LogP contribution in [0.3, 0.4) is 0 Å². The lowest BCUT2D eigenvalue weighted by Crippen LogP contribution is -2.14. The van der Waals surface area contributed by atoms with E-state index in [-0.39, 0.29) is 12.5 Å². The highest BCUT2D eigenvalue weighted by atomic mass is 16.5. The van der Waals surface area contributed by atoms with Gasteiger partial charge in [-0.25, -0.2) is 0 Å². The molecule has 0 saturated carbocycles. The molecule has 0 aromatic carbocycles. The Hall–Kier alpha value is -1.62. The zero-order chi connectivity index (χ0) is 11.5. The monoisotopic (exact) mass is 222 g/mol. The van der Waals surface area contributed by atoms with Crippen molar-refractivity contribution >= 4 is 5.97 Å². The average Bonchev–Trinajstić information content (AvgIpc) is 2.72. The van der Waals surface area contributed by atoms with E-state index in [9.17, 15) is 4.79 Å². The molecule has 0 saturated heterocycles. The molecular weight excluding hydrogens is 208 g/mol. The van der Waals surface area contributed by atoms with E-state index >= 15 is 0 Å². The Bertz CT molecular complexity index is 406. The summed E-state index contributed by atoms with van der Waals surface area (Å²) >= 11 is 0. The van der Waals surface area contributed by atoms with Crippen LogP contribution in [0.25, 0.3) is 0 Å². The van der Waals surface area contributed by atoms with Crippen LogP contribution < -0.4 is 10.5 Å². The first-order chi connectivity index (χ1) is 7.66. The Labute approximate surface area is 93.2 Å². The molecule has 0 amide bonds. The zero-order valence-electron chi connectivity index (χ0n) is 8.85. The van der Waals surface area contributed by atoms with Crippen molar-refractivity contribution in [2.45, 2.75) is 25.3 Å². The van der Waals surface area contributed by atoms with Crippen LogP contribution in [0.5, 0.6) is 5.75 Å². The molecule has 1 atom stereocenters. The molecule has 5 nitrogen and oxygen atoms in total. The van der Waals surface area contributed by atoms with Crippen molar-refractivity contribution in [1.82, 2.24) is 4.98 Å². The Balaban J connectivity index is 2.06. The van der Waals surface area contributed by atoms with Gasteiger partial charge in [0, 0.05) is 24.4 Å². The number of hydrogen-bond acceptors (Lipinski definition) is 4. The summed E-state index contributed by atoms with van der Waals surface area (Å²) in [5, 5.41) is 8.57. The highest BCUT2D eigenvalue weighted by Crippen LogP contribution is 2.26. The lowest BCUT2D eigenvalue weighted by molar-refractivity contribution is -0.137. The van der Waals surface area contributed by atoms with Gasteiger partial charge in [0.25, 0.3) is 0 Å². The molecule has 0 spiro atoms. The van der Waals surface area contributed by atoms with E-state index in [0.717, 1.165) is 23.4 Å². The molecule has 86 valence electrons. The summed E-state index contributed by atoms with van der Waals surface area (Å²) in [6.45, 7) is 0.685. The normalized spacial score (nSPS) is 15.3. The SMILES string of the molecule is NC(CCC(=O)O)c1cc2c(cn1)OCC2. The maximum atomic E-state index is 10.4. The highest BCUT2D eigenvalue weighted by molar-refractivity contribution is 5.66. The summed E-state index contributed by atoms with van der Waals surface area (Å²) in [6.07, 6.45) is 3.01. The average molecular weight is 222 g/mol. The van der Waals surface area contributed by atoms with E-state index in [4.69, 9.17) is 15.6 Å². The Morgan fingerprint density at radius 2 is 2.50 bits per heavy atom. The summed E-state index contributed by atoms with van der Waals surface area (Å²) in [6, 6.07) is 1.59. The van der Waals surface area contributed by atoms with Crippen LogP contribution in [0.2, 0.25) is 0 Å². The lowest BCUT2D eigenvalue weighted by atomic mass is 10.1. The van der Waals surface area contributed by atoms with Crippen LogP contribution >= 0.6 is 0 Å². The van der Waals surface area contributed by atoms with Crippen LogP contribution in [0.1, 0.15) is 30.1 Å². The molecule has 3 N–H and O–H groups in total. The van der Waals surface area contributed by atoms with Gasteiger partial charge in [0.05, 0.1) is 18.5 Å². The van der Waals surface area contributed by atoms with Crippen molar-refractivity contribution in [2.24, 2.45) is 5.73 Å². The standard InChI is InChI=1S/C11H14N2O3/c12-8(1-2-11(14)15)9-5-7-3-4-16-10(7)6-13-9/h5-6,8H,1-4,12H2,(H,14,15). The van der Waals surface area contributed by atoms with Gasteiger partial charge in [-0.3, -0.25) is 9.78 Å². The molecule has 2 heterocycles. The van der Waals surface area contributed by atoms with Crippen molar-refractivity contribution in [3.8, 4) is 5.75 Å². The lowest BCUT2D eigenvalue weighted by Gasteiger charge is -2.10. The first kappa shape index (κ1) is 10.9. The zero-order valence-corrected chi connectivity index (χ0v) is 8.85. The number of rotatable bonds is 4. The highest BCUT2D eigenvalue weighted by Gasteiger charge is 2.16. The van der Waals surface area contributed by atoms with Crippen molar-refractivity contribution in [3.05, 3.63) is 23.5 Å². The van der Waals surface area contributed by atoms with Gasteiger partial charge >= 0.3 is 5.97 Å². The number of nitrogens with two attached hydrogens (primary N) is 1. The van der Waals surface area contributed by atoms with Crippen LogP contribution in [-0.4, -0.2) is 22.7 Å². The Morgan fingerprint density at radius 1 is 1.69 bits per heavy atom. The first-order valence-corrected chi connectivity index (χ1v) is 5.26. The molecule has 5 heteroatoms. The number of hydrogen-bond donors (Lipinski definition) is 2. The fourth-order valence-corrected chi connectivity index (χ4v) is 1.73. The molecule has 1 unspecified atom stereocenters. The van der Waals surface area contributed by atoms with Gasteiger partial charge in [0.1, 0.15) is 5.75 Å². The topological polar surface area (TPSA) is 85.4 Å². The van der Waals surface area contributed by atoms with E-state index in [1.807, 2.05) is 6.07 Å². The van der Waals surface area contributed by atoms with E-state index in [1.54, 1.807) is 6.20 Å². The van der Waals surface area contributed by atoms with Crippen LogP contribution in [0.15, 0.2) is 12.3 Å². The van der Waals surface area contributed by atoms with Gasteiger partial charge in [-0.15, -0.1) is 0 Å². The minimum absolute atomic E-state index is 0.0659. The number of ether oxygens (including phenoxy) is 1. The minimum atomic E-state index is -0.833. The molecule has 0 aliphatic carbocycles. The van der Waals surface area contributed by atoms with Gasteiger partial charge in [-0.2, -0.15) is 0 Å². The van der Waals surface area contributed by atoms with E-state index in [2.05, 4.69) is 4.98 Å². The Morgan fingerprint density at radius 3 is 3.25 bits per heavy atom. The van der Waals surface area contributed by atoms with E-state index in [1.165, 1.54) is 0 Å². The largest absolute Gasteiger partial charge is 0.491 e. The second-order valence-corrected chi connectivity index (χ2v) is 3.85. The van der Waals surface area contributed by atoms with Crippen molar-refractivity contribution in [2.75, 3.05) is 6.61 Å². The summed E-state index contributed by atoms with van der Waals surface area (Å²) in [4.78, 5) is 14.6. The number of aliphatic carboxylic acids is 1. The second-order valence-electron chi connectivity index (χ2n) is 3.85. The van der Waals surface area contributed by atoms with E-state index in [0.29, 0.717) is 13.0 Å². The molecule has 0 bridgehead atoms. The molecule has 2 rings (SSSR count). The number of pyridine rings is 1. The maximum absolute atomic E-state index is 10.4. The number of carboxylic acid groups (broad SMARTS) is 1. The molecular formula is C11H14N2O3. The summed E-state index contributed by atoms with van der Waals surface area (Å²) in [5.74, 6) is -0.0193. The van der Waals surface area contributed by atoms with Crippen molar-refractivity contribution in [1.29, 1.82) is 0 Å². The number of carboxylic acids is 1. The molecule has 1 aromatic rings. The van der Waals surface area contributed by atoms with Gasteiger partial charge < -0.3 is 15.6 Å². The van der Waals surface area contributed by atoms with Crippen LogP contribution in [0, 0.1) is 0 Å². The maximum Gasteiger partial charge on any atom is 0.303 e. The van der Waals surface area contributed by atoms with Crippen LogP contribution in [-0.2, 0) is 11.2 Å². The fourth-order valence-electron chi connectivity index (χ4n) is 1.73. The fraction of sp³-hybridized carbons (Fsp3) is 0.455. The van der Waals surface area contributed by atoms with Crippen LogP contribution in [0.4, 0.5) is 0 Å². The van der Waals surface area contributed by atoms with Crippen molar-refractivity contribution in [3.63, 3.8) is 0 Å². The van der Waals surface area contributed by atoms with Gasteiger partial charge in [-0.05, 0) is 12.5 Å². The molecule has 1 aliphatic heterocycles. The third-order valence-corrected chi connectivity index (χ3v) is 2.65. The predicted molar refractivity (Wildman–Crippen MR) is 57.2 cm³/mol. The predicted octanol–water partition coefficient (Wildman–Crippen LogP) is 0.881. The number of nitrogens with zero attached hydrogens (tertiary/aromatic N) is 1. The number of fused-ring (bicyclic) bond motifs is 1. The molecule has 16 heavy (non-hydrogen) atoms. The smallest absolute Gasteiger partial charge is 0.303 e. The van der Waals surface area contributed by atoms with Gasteiger partial charge in [0.15, 0.2) is 0 Å². The third-order valence-electron chi connectivity index (χ3n) is 2.65. The molecule has 1 aromatic heterocycles. The summed E-state index contributed by atoms with van der Waals surface area (Å²) < 4.78 is 5.33. The van der Waals surface area contributed by atoms with E-state index < -0.39 is 5.97 Å². The summed E-state index contributed by atoms with van der Waals surface area (Å²) in [7, 11) is 0. The summed E-state index contributed by atoms with van der Waals surface area (Å²) in [5.41, 5.74) is 7.72. The number of aromatic nitrogens is 1.